The van der Waals surface area contributed by atoms with Crippen molar-refractivity contribution in [3.63, 3.8) is 0 Å². The summed E-state index contributed by atoms with van der Waals surface area (Å²) in [7, 11) is 0. The predicted molar refractivity (Wildman–Crippen MR) is 74.2 cm³/mol. The van der Waals surface area contributed by atoms with Crippen molar-refractivity contribution in [2.75, 3.05) is 0 Å². The molecule has 2 nitrogen and oxygen atoms in total. The summed E-state index contributed by atoms with van der Waals surface area (Å²) in [5, 5.41) is 9.17. The second-order valence-corrected chi connectivity index (χ2v) is 7.53. The molecule has 1 unspecified atom stereocenters. The zero-order valence-corrected chi connectivity index (χ0v) is 12.0. The minimum absolute atomic E-state index is 0.242. The lowest BCUT2D eigenvalue weighted by atomic mass is 9.48. The number of rotatable bonds is 5. The zero-order valence-electron chi connectivity index (χ0n) is 12.0. The van der Waals surface area contributed by atoms with Crippen LogP contribution in [0, 0.1) is 40.4 Å². The Morgan fingerprint density at radius 1 is 1.21 bits per heavy atom. The lowest BCUT2D eigenvalue weighted by Gasteiger charge is -2.56. The van der Waals surface area contributed by atoms with Crippen LogP contribution in [0.5, 0.6) is 0 Å². The SMILES string of the molecule is CCCC(C#N)C(=O)CC12CC3CC(CC(C3)C1)C2. The Morgan fingerprint density at radius 3 is 2.16 bits per heavy atom. The minimum Gasteiger partial charge on any atom is -0.298 e. The molecule has 0 saturated heterocycles. The highest BCUT2D eigenvalue weighted by Gasteiger charge is 2.51. The number of hydrogen-bond donors (Lipinski definition) is 0. The first-order valence-electron chi connectivity index (χ1n) is 8.06. The van der Waals surface area contributed by atoms with Crippen molar-refractivity contribution < 1.29 is 4.79 Å². The van der Waals surface area contributed by atoms with E-state index in [2.05, 4.69) is 13.0 Å². The van der Waals surface area contributed by atoms with Crippen LogP contribution in [-0.2, 0) is 4.79 Å². The summed E-state index contributed by atoms with van der Waals surface area (Å²) in [6.07, 6.45) is 10.5. The lowest BCUT2D eigenvalue weighted by molar-refractivity contribution is -0.129. The van der Waals surface area contributed by atoms with Crippen LogP contribution in [0.4, 0.5) is 0 Å². The Balaban J connectivity index is 1.69. The number of ketones is 1. The van der Waals surface area contributed by atoms with E-state index in [9.17, 15) is 4.79 Å². The fourth-order valence-corrected chi connectivity index (χ4v) is 5.59. The first kappa shape index (κ1) is 13.2. The summed E-state index contributed by atoms with van der Waals surface area (Å²) in [5.41, 5.74) is 0.300. The molecule has 4 aliphatic carbocycles. The molecular formula is C17H25NO. The Hall–Kier alpha value is -0.840. The molecule has 0 aliphatic heterocycles. The number of nitriles is 1. The van der Waals surface area contributed by atoms with Gasteiger partial charge in [-0.25, -0.2) is 0 Å². The smallest absolute Gasteiger partial charge is 0.150 e. The van der Waals surface area contributed by atoms with Crippen molar-refractivity contribution in [1.82, 2.24) is 0 Å². The van der Waals surface area contributed by atoms with Gasteiger partial charge in [0.05, 0.1) is 6.07 Å². The molecule has 19 heavy (non-hydrogen) atoms. The van der Waals surface area contributed by atoms with Gasteiger partial charge in [-0.3, -0.25) is 4.79 Å². The highest BCUT2D eigenvalue weighted by atomic mass is 16.1. The molecule has 0 N–H and O–H groups in total. The van der Waals surface area contributed by atoms with Crippen molar-refractivity contribution in [1.29, 1.82) is 5.26 Å². The second-order valence-electron chi connectivity index (χ2n) is 7.53. The Kier molecular flexibility index (Phi) is 3.41. The van der Waals surface area contributed by atoms with Gasteiger partial charge in [-0.1, -0.05) is 13.3 Å². The van der Waals surface area contributed by atoms with Crippen LogP contribution in [0.2, 0.25) is 0 Å². The van der Waals surface area contributed by atoms with Crippen molar-refractivity contribution in [2.24, 2.45) is 29.1 Å². The average molecular weight is 259 g/mol. The molecule has 2 heteroatoms. The molecule has 4 saturated carbocycles. The molecular weight excluding hydrogens is 234 g/mol. The molecule has 4 fully saturated rings. The van der Waals surface area contributed by atoms with E-state index in [1.54, 1.807) is 0 Å². The van der Waals surface area contributed by atoms with Gasteiger partial charge in [0.1, 0.15) is 5.92 Å². The molecule has 0 radical (unpaired) electrons. The van der Waals surface area contributed by atoms with Crippen LogP contribution in [0.25, 0.3) is 0 Å². The summed E-state index contributed by atoms with van der Waals surface area (Å²) >= 11 is 0. The third-order valence-electron chi connectivity index (χ3n) is 5.84. The van der Waals surface area contributed by atoms with Crippen LogP contribution in [-0.4, -0.2) is 5.78 Å². The maximum Gasteiger partial charge on any atom is 0.150 e. The van der Waals surface area contributed by atoms with Gasteiger partial charge in [-0.15, -0.1) is 0 Å². The van der Waals surface area contributed by atoms with Crippen molar-refractivity contribution in [3.05, 3.63) is 0 Å². The molecule has 1 atom stereocenters. The number of carbonyl (C=O) groups is 1. The standard InChI is InChI=1S/C17H25NO/c1-2-3-15(11-18)16(19)10-17-7-12-4-13(8-17)6-14(5-12)9-17/h12-15H,2-10H2,1H3. The van der Waals surface area contributed by atoms with Gasteiger partial charge in [0.15, 0.2) is 5.78 Å². The molecule has 104 valence electrons. The van der Waals surface area contributed by atoms with E-state index in [0.29, 0.717) is 11.8 Å². The highest BCUT2D eigenvalue weighted by molar-refractivity contribution is 5.84. The topological polar surface area (TPSA) is 40.9 Å². The summed E-state index contributed by atoms with van der Waals surface area (Å²) in [5.74, 6) is 2.59. The van der Waals surface area contributed by atoms with Crippen LogP contribution in [0.15, 0.2) is 0 Å². The van der Waals surface area contributed by atoms with Gasteiger partial charge in [0, 0.05) is 6.42 Å². The minimum atomic E-state index is -0.335. The molecule has 4 bridgehead atoms. The van der Waals surface area contributed by atoms with Crippen LogP contribution >= 0.6 is 0 Å². The molecule has 0 amide bonds. The maximum atomic E-state index is 12.4. The highest BCUT2D eigenvalue weighted by Crippen LogP contribution is 2.61. The number of carbonyl (C=O) groups excluding carboxylic acids is 1. The Bertz CT molecular complexity index is 371. The first-order valence-corrected chi connectivity index (χ1v) is 8.06. The van der Waals surface area contributed by atoms with Gasteiger partial charge in [-0.2, -0.15) is 5.26 Å². The van der Waals surface area contributed by atoms with Crippen molar-refractivity contribution >= 4 is 5.78 Å². The van der Waals surface area contributed by atoms with Crippen LogP contribution in [0.3, 0.4) is 0 Å². The van der Waals surface area contributed by atoms with E-state index in [0.717, 1.165) is 30.6 Å². The molecule has 4 rings (SSSR count). The summed E-state index contributed by atoms with van der Waals surface area (Å²) in [6, 6.07) is 2.24. The summed E-state index contributed by atoms with van der Waals surface area (Å²) in [4.78, 5) is 12.4. The fraction of sp³-hybridized carbons (Fsp3) is 0.882. The van der Waals surface area contributed by atoms with Gasteiger partial charge in [-0.05, 0) is 68.1 Å². The lowest BCUT2D eigenvalue weighted by Crippen LogP contribution is -2.47. The number of Topliss-reactive ketones (excluding diaryl/α,β-unsaturated/α-hetero) is 1. The monoisotopic (exact) mass is 259 g/mol. The Morgan fingerprint density at radius 2 is 1.74 bits per heavy atom. The molecule has 0 aromatic rings. The van der Waals surface area contributed by atoms with Crippen molar-refractivity contribution in [3.8, 4) is 6.07 Å². The third-order valence-corrected chi connectivity index (χ3v) is 5.84. The van der Waals surface area contributed by atoms with Gasteiger partial charge in [0.25, 0.3) is 0 Å². The third kappa shape index (κ3) is 2.45. The molecule has 4 aliphatic rings. The van der Waals surface area contributed by atoms with E-state index in [4.69, 9.17) is 5.26 Å². The fourth-order valence-electron chi connectivity index (χ4n) is 5.59. The molecule has 0 aromatic heterocycles. The van der Waals surface area contributed by atoms with E-state index in [-0.39, 0.29) is 11.7 Å². The molecule has 0 spiro atoms. The number of hydrogen-bond acceptors (Lipinski definition) is 2. The largest absolute Gasteiger partial charge is 0.298 e. The zero-order chi connectivity index (χ0) is 13.5. The first-order chi connectivity index (χ1) is 9.14. The molecule has 0 heterocycles. The quantitative estimate of drug-likeness (QED) is 0.745. The average Bonchev–Trinajstić information content (AvgIpc) is 2.33. The van der Waals surface area contributed by atoms with E-state index in [1.165, 1.54) is 38.5 Å². The van der Waals surface area contributed by atoms with Crippen LogP contribution in [0.1, 0.15) is 64.7 Å². The summed E-state index contributed by atoms with van der Waals surface area (Å²) < 4.78 is 0. The maximum absolute atomic E-state index is 12.4. The van der Waals surface area contributed by atoms with E-state index in [1.807, 2.05) is 0 Å². The molecule has 0 aromatic carbocycles. The van der Waals surface area contributed by atoms with E-state index >= 15 is 0 Å². The van der Waals surface area contributed by atoms with Gasteiger partial charge >= 0.3 is 0 Å². The predicted octanol–water partition coefficient (Wildman–Crippen LogP) is 4.10. The normalized spacial score (nSPS) is 40.9. The summed E-state index contributed by atoms with van der Waals surface area (Å²) in [6.45, 7) is 2.06. The van der Waals surface area contributed by atoms with Crippen LogP contribution < -0.4 is 0 Å². The number of nitrogens with zero attached hydrogens (tertiary/aromatic N) is 1. The second kappa shape index (κ2) is 4.93. The Labute approximate surface area is 116 Å². The van der Waals surface area contributed by atoms with Gasteiger partial charge in [0.2, 0.25) is 0 Å². The van der Waals surface area contributed by atoms with E-state index < -0.39 is 0 Å². The van der Waals surface area contributed by atoms with Crippen molar-refractivity contribution in [2.45, 2.75) is 64.7 Å². The van der Waals surface area contributed by atoms with Gasteiger partial charge < -0.3 is 0 Å².